The van der Waals surface area contributed by atoms with Crippen molar-refractivity contribution in [1.82, 2.24) is 10.2 Å². The fourth-order valence-electron chi connectivity index (χ4n) is 3.11. The lowest BCUT2D eigenvalue weighted by atomic mass is 10.1. The first-order valence-corrected chi connectivity index (χ1v) is 12.1. The molecule has 3 N–H and O–H groups in total. The second kappa shape index (κ2) is 7.15. The van der Waals surface area contributed by atoms with Crippen molar-refractivity contribution < 1.29 is 21.9 Å². The minimum Gasteiger partial charge on any atom is -0.508 e. The predicted molar refractivity (Wildman–Crippen MR) is 114 cm³/mol. The number of phenols is 1. The molecule has 0 saturated carbocycles. The van der Waals surface area contributed by atoms with E-state index in [1.807, 2.05) is 0 Å². The zero-order chi connectivity index (χ0) is 21.5. The van der Waals surface area contributed by atoms with Gasteiger partial charge >= 0.3 is 0 Å². The van der Waals surface area contributed by atoms with Crippen LogP contribution in [-0.2, 0) is 19.9 Å². The van der Waals surface area contributed by atoms with Crippen molar-refractivity contribution in [3.8, 4) is 17.0 Å². The van der Waals surface area contributed by atoms with Crippen molar-refractivity contribution in [2.75, 3.05) is 11.0 Å². The van der Waals surface area contributed by atoms with Gasteiger partial charge in [-0.05, 0) is 54.6 Å². The van der Waals surface area contributed by atoms with E-state index in [0.717, 1.165) is 11.8 Å². The number of hydrogen-bond acceptors (Lipinski definition) is 6. The van der Waals surface area contributed by atoms with Gasteiger partial charge in [0, 0.05) is 22.9 Å². The summed E-state index contributed by atoms with van der Waals surface area (Å²) in [7, 11) is -7.89. The molecule has 0 aliphatic heterocycles. The topological polar surface area (TPSA) is 129 Å². The molecule has 0 aliphatic carbocycles. The number of nitrogens with one attached hydrogen (secondary N) is 2. The largest absolute Gasteiger partial charge is 0.508 e. The molecule has 0 radical (unpaired) electrons. The average Bonchev–Trinajstić information content (AvgIpc) is 3.11. The number of benzene rings is 3. The number of aromatic hydroxyl groups is 1. The molecule has 10 heteroatoms. The van der Waals surface area contributed by atoms with Crippen molar-refractivity contribution in [3.63, 3.8) is 0 Å². The molecule has 0 spiro atoms. The molecule has 8 nitrogen and oxygen atoms in total. The molecule has 154 valence electrons. The lowest BCUT2D eigenvalue weighted by Gasteiger charge is -2.11. The molecule has 4 rings (SSSR count). The van der Waals surface area contributed by atoms with E-state index < -0.39 is 19.9 Å². The normalized spacial score (nSPS) is 12.2. The highest BCUT2D eigenvalue weighted by Crippen LogP contribution is 2.30. The van der Waals surface area contributed by atoms with Crippen LogP contribution in [0.5, 0.6) is 5.75 Å². The number of rotatable bonds is 5. The van der Waals surface area contributed by atoms with Gasteiger partial charge in [0.1, 0.15) is 10.6 Å². The number of phenolic OH excluding ortho intramolecular Hbond substituents is 1. The highest BCUT2D eigenvalue weighted by Gasteiger charge is 2.24. The molecule has 0 atom stereocenters. The molecule has 1 aromatic heterocycles. The first kappa shape index (κ1) is 19.9. The molecule has 0 saturated heterocycles. The molecule has 0 unspecified atom stereocenters. The van der Waals surface area contributed by atoms with Gasteiger partial charge in [0.25, 0.3) is 10.0 Å². The summed E-state index contributed by atoms with van der Waals surface area (Å²) in [5, 5.41) is 17.3. The first-order chi connectivity index (χ1) is 14.1. The van der Waals surface area contributed by atoms with Crippen molar-refractivity contribution in [1.29, 1.82) is 0 Å². The van der Waals surface area contributed by atoms with Crippen LogP contribution in [0.25, 0.3) is 22.2 Å². The van der Waals surface area contributed by atoms with Crippen molar-refractivity contribution in [2.45, 2.75) is 9.79 Å². The number of nitrogens with zero attached hydrogens (tertiary/aromatic N) is 1. The average molecular weight is 444 g/mol. The van der Waals surface area contributed by atoms with Gasteiger partial charge in [-0.25, -0.2) is 16.8 Å². The van der Waals surface area contributed by atoms with E-state index in [4.69, 9.17) is 0 Å². The number of sulfonamides is 1. The summed E-state index contributed by atoms with van der Waals surface area (Å²) in [5.41, 5.74) is 2.27. The molecule has 0 amide bonds. The van der Waals surface area contributed by atoms with Gasteiger partial charge in [0.2, 0.25) is 0 Å². The highest BCUT2D eigenvalue weighted by atomic mass is 32.2. The molecule has 4 aromatic rings. The Morgan fingerprint density at radius 2 is 1.57 bits per heavy atom. The Kier molecular flexibility index (Phi) is 4.75. The smallest absolute Gasteiger partial charge is 0.263 e. The summed E-state index contributed by atoms with van der Waals surface area (Å²) >= 11 is 0. The third-order valence-electron chi connectivity index (χ3n) is 4.49. The van der Waals surface area contributed by atoms with E-state index in [9.17, 15) is 21.9 Å². The summed E-state index contributed by atoms with van der Waals surface area (Å²) in [6.07, 6.45) is 0.961. The Labute approximate surface area is 173 Å². The van der Waals surface area contributed by atoms with Crippen LogP contribution >= 0.6 is 0 Å². The van der Waals surface area contributed by atoms with Crippen molar-refractivity contribution in [2.24, 2.45) is 0 Å². The molecule has 30 heavy (non-hydrogen) atoms. The maximum Gasteiger partial charge on any atom is 0.263 e. The summed E-state index contributed by atoms with van der Waals surface area (Å²) in [6, 6.07) is 16.7. The molecule has 1 heterocycles. The van der Waals surface area contributed by atoms with Crippen LogP contribution in [0.4, 0.5) is 5.69 Å². The second-order valence-corrected chi connectivity index (χ2v) is 10.3. The quantitative estimate of drug-likeness (QED) is 0.435. The van der Waals surface area contributed by atoms with Gasteiger partial charge in [0.05, 0.1) is 16.1 Å². The van der Waals surface area contributed by atoms with Gasteiger partial charge in [-0.2, -0.15) is 5.10 Å². The zero-order valence-corrected chi connectivity index (χ0v) is 17.3. The van der Waals surface area contributed by atoms with Crippen molar-refractivity contribution in [3.05, 3.63) is 66.7 Å². The number of sulfone groups is 1. The van der Waals surface area contributed by atoms with Gasteiger partial charge in [-0.3, -0.25) is 9.82 Å². The first-order valence-electron chi connectivity index (χ1n) is 8.74. The molecule has 0 aliphatic rings. The third-order valence-corrected chi connectivity index (χ3v) is 7.22. The number of anilines is 1. The number of aromatic amines is 1. The number of H-pyrrole nitrogens is 1. The molecule has 3 aromatic carbocycles. The lowest BCUT2D eigenvalue weighted by Crippen LogP contribution is -2.16. The number of hydrogen-bond donors (Lipinski definition) is 3. The lowest BCUT2D eigenvalue weighted by molar-refractivity contribution is 0.475. The molecular weight excluding hydrogens is 426 g/mol. The summed E-state index contributed by atoms with van der Waals surface area (Å²) in [5.74, 6) is 0.122. The number of fused-ring (bicyclic) bond motifs is 1. The molecular formula is C20H17N3O5S2. The highest BCUT2D eigenvalue weighted by molar-refractivity contribution is 7.95. The Balaban J connectivity index is 1.76. The van der Waals surface area contributed by atoms with Crippen LogP contribution in [0.1, 0.15) is 0 Å². The van der Waals surface area contributed by atoms with Gasteiger partial charge < -0.3 is 5.11 Å². The Morgan fingerprint density at radius 3 is 2.23 bits per heavy atom. The predicted octanol–water partition coefficient (Wildman–Crippen LogP) is 3.14. The Morgan fingerprint density at radius 1 is 0.900 bits per heavy atom. The minimum absolute atomic E-state index is 0.122. The van der Waals surface area contributed by atoms with E-state index in [-0.39, 0.29) is 21.2 Å². The molecule has 0 fully saturated rings. The van der Waals surface area contributed by atoms with E-state index >= 15 is 0 Å². The monoisotopic (exact) mass is 443 g/mol. The molecule has 0 bridgehead atoms. The third kappa shape index (κ3) is 3.74. The van der Waals surface area contributed by atoms with Crippen LogP contribution in [0, 0.1) is 0 Å². The maximum atomic E-state index is 12.9. The number of aromatic nitrogens is 2. The van der Waals surface area contributed by atoms with Crippen LogP contribution < -0.4 is 4.72 Å². The van der Waals surface area contributed by atoms with E-state index in [1.165, 1.54) is 36.4 Å². The van der Waals surface area contributed by atoms with Crippen LogP contribution in [0.15, 0.2) is 76.5 Å². The van der Waals surface area contributed by atoms with Gasteiger partial charge in [-0.1, -0.05) is 12.1 Å². The fraction of sp³-hybridized carbons (Fsp3) is 0.0500. The van der Waals surface area contributed by atoms with Crippen LogP contribution in [-0.4, -0.2) is 38.4 Å². The van der Waals surface area contributed by atoms with Gasteiger partial charge in [0.15, 0.2) is 9.84 Å². The van der Waals surface area contributed by atoms with Crippen molar-refractivity contribution >= 4 is 36.5 Å². The van der Waals surface area contributed by atoms with E-state index in [2.05, 4.69) is 14.9 Å². The summed E-state index contributed by atoms with van der Waals surface area (Å²) < 4.78 is 52.3. The van der Waals surface area contributed by atoms with Gasteiger partial charge in [-0.15, -0.1) is 0 Å². The SMILES string of the molecule is CS(=O)(=O)c1ccccc1S(=O)(=O)Nc1ccc2[nH]nc(-c3ccc(O)cc3)c2c1. The van der Waals surface area contributed by atoms with E-state index in [1.54, 1.807) is 30.3 Å². The van der Waals surface area contributed by atoms with Crippen LogP contribution in [0.3, 0.4) is 0 Å². The summed E-state index contributed by atoms with van der Waals surface area (Å²) in [4.78, 5) is -0.592. The second-order valence-electron chi connectivity index (χ2n) is 6.70. The maximum absolute atomic E-state index is 12.9. The standard InChI is InChI=1S/C20H17N3O5S2/c1-29(25,26)18-4-2-3-5-19(18)30(27,28)23-14-8-11-17-16(12-14)20(22-21-17)13-6-9-15(24)10-7-13/h2-12,23-24H,1H3,(H,21,22). The van der Waals surface area contributed by atoms with E-state index in [0.29, 0.717) is 16.6 Å². The fourth-order valence-corrected chi connectivity index (χ4v) is 5.79. The summed E-state index contributed by atoms with van der Waals surface area (Å²) in [6.45, 7) is 0. The Hall–Kier alpha value is -3.37. The van der Waals surface area contributed by atoms with Crippen LogP contribution in [0.2, 0.25) is 0 Å². The zero-order valence-electron chi connectivity index (χ0n) is 15.7. The Bertz CT molecular complexity index is 1460. The minimum atomic E-state index is -4.15.